The Bertz CT molecular complexity index is 4580. The Morgan fingerprint density at radius 3 is 0.656 bits per heavy atom. The second-order valence-electron chi connectivity index (χ2n) is 20.6. The molecule has 0 atom stereocenters. The topological polar surface area (TPSA) is 227 Å². The number of esters is 3. The van der Waals surface area contributed by atoms with Gasteiger partial charge in [0, 0.05) is 16.2 Å². The number of hydrogen-bond donors (Lipinski definition) is 0. The van der Waals surface area contributed by atoms with Crippen LogP contribution in [0.5, 0.6) is 17.2 Å². The lowest BCUT2D eigenvalue weighted by Crippen LogP contribution is -2.17. The maximum absolute atomic E-state index is 14.8. The number of nitrogens with zero attached hydrogens (tertiary/aromatic N) is 12. The molecule has 0 aliphatic carbocycles. The lowest BCUT2D eigenvalue weighted by atomic mass is 10.0. The van der Waals surface area contributed by atoms with E-state index in [2.05, 4.69) is 61.4 Å². The molecule has 0 bridgehead atoms. The fourth-order valence-electron chi connectivity index (χ4n) is 9.63. The van der Waals surface area contributed by atoms with Crippen molar-refractivity contribution in [2.75, 3.05) is 0 Å². The molecule has 0 amide bonds. The number of benzene rings is 13. The molecule has 0 N–H and O–H groups in total. The Balaban J connectivity index is 0.830. The molecule has 13 aromatic carbocycles. The van der Waals surface area contributed by atoms with Gasteiger partial charge in [0.25, 0.3) is 0 Å². The molecule has 93 heavy (non-hydrogen) atoms. The zero-order chi connectivity index (χ0) is 63.1. The fraction of sp³-hybridized carbons (Fsp3) is 0. The number of carbonyl (C=O) groups excluding carboxylic acids is 3. The molecular formula is C75H48N12O6. The van der Waals surface area contributed by atoms with Crippen molar-refractivity contribution in [1.82, 2.24) is 0 Å². The van der Waals surface area contributed by atoms with Crippen molar-refractivity contribution in [3.63, 3.8) is 0 Å². The van der Waals surface area contributed by atoms with E-state index >= 15 is 0 Å². The Labute approximate surface area is 531 Å². The van der Waals surface area contributed by atoms with Gasteiger partial charge in [0.15, 0.2) is 17.2 Å². The first kappa shape index (κ1) is 58.7. The lowest BCUT2D eigenvalue weighted by Gasteiger charge is -2.13. The van der Waals surface area contributed by atoms with Crippen LogP contribution in [-0.4, -0.2) is 17.9 Å². The van der Waals surface area contributed by atoms with Crippen molar-refractivity contribution in [3.05, 3.63) is 308 Å². The van der Waals surface area contributed by atoms with Crippen LogP contribution >= 0.6 is 0 Å². The molecule has 0 saturated heterocycles. The van der Waals surface area contributed by atoms with Gasteiger partial charge in [-0.15, -0.1) is 15.3 Å². The van der Waals surface area contributed by atoms with Crippen molar-refractivity contribution in [1.29, 1.82) is 0 Å². The van der Waals surface area contributed by atoms with E-state index in [1.54, 1.807) is 109 Å². The molecule has 0 saturated carbocycles. The normalized spacial score (nSPS) is 11.7. The number of fused-ring (bicyclic) bond motifs is 3. The van der Waals surface area contributed by atoms with E-state index in [1.165, 1.54) is 18.2 Å². The second-order valence-corrected chi connectivity index (χ2v) is 20.6. The lowest BCUT2D eigenvalue weighted by molar-refractivity contribution is 0.0735. The predicted octanol–water partition coefficient (Wildman–Crippen LogP) is 23.3. The first-order chi connectivity index (χ1) is 45.8. The maximum Gasteiger partial charge on any atom is 0.343 e. The molecule has 13 rings (SSSR count). The van der Waals surface area contributed by atoms with E-state index in [1.807, 2.05) is 164 Å². The van der Waals surface area contributed by atoms with Crippen LogP contribution in [0.3, 0.4) is 0 Å². The molecule has 0 heterocycles. The van der Waals surface area contributed by atoms with Crippen LogP contribution in [0.1, 0.15) is 31.1 Å². The SMILES string of the molecule is O=C(Oc1ccc2ccccc2c1N=Nc1ccc(N=Nc2ccccc2)cc1)c1cc(C(=O)Oc2ccc3ccccc3c2N=Nc2ccc(N=Nc3ccccc3)cc2)cc(C(=O)Oc2ccc3ccccc3c2N=Nc2ccc(N=Nc3ccccc3)cc2)c1. The Morgan fingerprint density at radius 1 is 0.204 bits per heavy atom. The minimum atomic E-state index is -0.959. The highest BCUT2D eigenvalue weighted by Crippen LogP contribution is 2.42. The summed E-state index contributed by atoms with van der Waals surface area (Å²) in [5.74, 6) is -2.79. The zero-order valence-electron chi connectivity index (χ0n) is 49.0. The van der Waals surface area contributed by atoms with Crippen LogP contribution in [0.4, 0.5) is 68.2 Å². The first-order valence-electron chi connectivity index (χ1n) is 29.1. The average molecular weight is 1210 g/mol. The van der Waals surface area contributed by atoms with E-state index in [9.17, 15) is 14.4 Å². The number of rotatable bonds is 18. The standard InChI is InChI=1S/C75H48N12O6/c88-73(91-67-43-28-49-16-10-13-25-64(49)70(67)85-82-61-37-31-58(32-38-61)79-76-55-19-4-1-5-20-55)52-46-53(74(89)92-68-44-29-50-17-11-14-26-65(50)71(68)86-83-62-39-33-59(34-40-62)80-77-56-21-6-2-7-22-56)48-54(47-52)75(90)93-69-45-30-51-18-12-15-27-66(51)72(69)87-84-63-41-35-60(36-42-63)81-78-57-23-8-3-9-24-57/h1-48H. The predicted molar refractivity (Wildman–Crippen MR) is 357 cm³/mol. The third-order valence-electron chi connectivity index (χ3n) is 14.3. The van der Waals surface area contributed by atoms with E-state index in [-0.39, 0.29) is 51.0 Å². The summed E-state index contributed by atoms with van der Waals surface area (Å²) >= 11 is 0. The van der Waals surface area contributed by atoms with Crippen molar-refractivity contribution in [2.24, 2.45) is 61.4 Å². The molecule has 0 aliphatic heterocycles. The van der Waals surface area contributed by atoms with Gasteiger partial charge < -0.3 is 14.2 Å². The molecule has 13 aromatic rings. The summed E-state index contributed by atoms with van der Waals surface area (Å²) in [5.41, 5.74) is 5.39. The fourth-order valence-corrected chi connectivity index (χ4v) is 9.63. The molecule has 0 aromatic heterocycles. The van der Waals surface area contributed by atoms with E-state index < -0.39 is 17.9 Å². The summed E-state index contributed by atoms with van der Waals surface area (Å²) in [7, 11) is 0. The van der Waals surface area contributed by atoms with E-state index in [0.29, 0.717) is 67.3 Å². The quantitative estimate of drug-likeness (QED) is 0.0461. The van der Waals surface area contributed by atoms with Gasteiger partial charge >= 0.3 is 17.9 Å². The minimum absolute atomic E-state index is 0.0302. The maximum atomic E-state index is 14.8. The minimum Gasteiger partial charge on any atom is -0.421 e. The number of hydrogen-bond acceptors (Lipinski definition) is 18. The number of azo groups is 6. The van der Waals surface area contributed by atoms with Gasteiger partial charge in [0.2, 0.25) is 0 Å². The van der Waals surface area contributed by atoms with Gasteiger partial charge in [0.1, 0.15) is 17.1 Å². The summed E-state index contributed by atoms with van der Waals surface area (Å²) in [6, 6.07) is 85.2. The third-order valence-corrected chi connectivity index (χ3v) is 14.3. The summed E-state index contributed by atoms with van der Waals surface area (Å²) in [4.78, 5) is 44.5. The summed E-state index contributed by atoms with van der Waals surface area (Å²) < 4.78 is 18.6. The van der Waals surface area contributed by atoms with E-state index in [0.717, 1.165) is 16.2 Å². The van der Waals surface area contributed by atoms with Gasteiger partial charge in [-0.05, 0) is 162 Å². The highest BCUT2D eigenvalue weighted by Gasteiger charge is 2.24. The smallest absolute Gasteiger partial charge is 0.343 e. The van der Waals surface area contributed by atoms with Crippen molar-refractivity contribution in [3.8, 4) is 17.2 Å². The molecule has 444 valence electrons. The molecule has 0 fully saturated rings. The van der Waals surface area contributed by atoms with Gasteiger partial charge in [-0.3, -0.25) is 0 Å². The summed E-state index contributed by atoms with van der Waals surface area (Å²) in [6.07, 6.45) is 0. The van der Waals surface area contributed by atoms with Gasteiger partial charge in [0.05, 0.1) is 67.9 Å². The first-order valence-corrected chi connectivity index (χ1v) is 29.1. The molecule has 0 aliphatic rings. The average Bonchev–Trinajstić information content (AvgIpc) is 1.24. The molecule has 0 radical (unpaired) electrons. The summed E-state index contributed by atoms with van der Waals surface area (Å²) in [5, 5.41) is 57.6. The van der Waals surface area contributed by atoms with E-state index in [4.69, 9.17) is 14.2 Å². The van der Waals surface area contributed by atoms with Crippen molar-refractivity contribution < 1.29 is 28.6 Å². The van der Waals surface area contributed by atoms with Crippen LogP contribution in [0.2, 0.25) is 0 Å². The monoisotopic (exact) mass is 1210 g/mol. The number of ether oxygens (including phenoxy) is 3. The van der Waals surface area contributed by atoms with Gasteiger partial charge in [-0.2, -0.15) is 46.0 Å². The van der Waals surface area contributed by atoms with Crippen LogP contribution in [-0.2, 0) is 0 Å². The molecule has 0 unspecified atom stereocenters. The highest BCUT2D eigenvalue weighted by molar-refractivity contribution is 6.05. The van der Waals surface area contributed by atoms with Crippen LogP contribution in [0, 0.1) is 0 Å². The van der Waals surface area contributed by atoms with Gasteiger partial charge in [-0.25, -0.2) is 14.4 Å². The van der Waals surface area contributed by atoms with Crippen LogP contribution < -0.4 is 14.2 Å². The largest absolute Gasteiger partial charge is 0.421 e. The summed E-state index contributed by atoms with van der Waals surface area (Å²) in [6.45, 7) is 0. The highest BCUT2D eigenvalue weighted by atomic mass is 16.5. The number of carbonyl (C=O) groups is 3. The Morgan fingerprint density at radius 2 is 0.409 bits per heavy atom. The van der Waals surface area contributed by atoms with Crippen LogP contribution in [0.25, 0.3) is 32.3 Å². The zero-order valence-corrected chi connectivity index (χ0v) is 49.0. The Hall–Kier alpha value is -13.4. The van der Waals surface area contributed by atoms with Crippen molar-refractivity contribution >= 4 is 118 Å². The molecule has 18 heteroatoms. The molecular weight excluding hydrogens is 1160 g/mol. The Kier molecular flexibility index (Phi) is 17.5. The van der Waals surface area contributed by atoms with Crippen LogP contribution in [0.15, 0.2) is 353 Å². The molecule has 18 nitrogen and oxygen atoms in total. The van der Waals surface area contributed by atoms with Gasteiger partial charge in [-0.1, -0.05) is 146 Å². The van der Waals surface area contributed by atoms with Crippen molar-refractivity contribution in [2.45, 2.75) is 0 Å². The third kappa shape index (κ3) is 14.5. The second kappa shape index (κ2) is 27.8. The molecule has 0 spiro atoms.